The lowest BCUT2D eigenvalue weighted by atomic mass is 10.1. The van der Waals surface area contributed by atoms with Crippen molar-refractivity contribution < 1.29 is 14.3 Å². The van der Waals surface area contributed by atoms with Gasteiger partial charge in [-0.05, 0) is 18.2 Å². The van der Waals surface area contributed by atoms with Gasteiger partial charge in [0.15, 0.2) is 0 Å². The molecule has 0 N–H and O–H groups in total. The van der Waals surface area contributed by atoms with E-state index >= 15 is 0 Å². The van der Waals surface area contributed by atoms with Crippen LogP contribution < -0.4 is 14.5 Å². The molecule has 1 aromatic heterocycles. The fourth-order valence-corrected chi connectivity index (χ4v) is 4.85. The zero-order valence-corrected chi connectivity index (χ0v) is 20.2. The Kier molecular flexibility index (Phi) is 6.55. The Bertz CT molecular complexity index is 1230. The highest BCUT2D eigenvalue weighted by molar-refractivity contribution is 6.31. The molecular formula is C26H26ClN5O3. The molecule has 0 bridgehead atoms. The summed E-state index contributed by atoms with van der Waals surface area (Å²) >= 11 is 6.15. The molecule has 0 spiro atoms. The molecule has 2 amide bonds. The molecule has 2 aliphatic heterocycles. The fraction of sp³-hybridized carbons (Fsp3) is 0.308. The standard InChI is InChI=1S/C26H26ClN5O3/c1-35-23-8-7-20(27)14-22(23)32-16-19(13-25(32)33)26(34)31-11-9-30(10-12-31)24-15-21(28-17-29-24)18-5-3-2-4-6-18/h2-8,14-15,17,19H,9-13,16H2,1H3. The van der Waals surface area contributed by atoms with Crippen molar-refractivity contribution >= 4 is 34.9 Å². The van der Waals surface area contributed by atoms with E-state index in [4.69, 9.17) is 16.3 Å². The summed E-state index contributed by atoms with van der Waals surface area (Å²) in [6.07, 6.45) is 1.76. The van der Waals surface area contributed by atoms with Crippen molar-refractivity contribution in [2.75, 3.05) is 49.6 Å². The van der Waals surface area contributed by atoms with Gasteiger partial charge in [0, 0.05) is 55.8 Å². The van der Waals surface area contributed by atoms with Crippen LogP contribution in [0.4, 0.5) is 11.5 Å². The van der Waals surface area contributed by atoms with Gasteiger partial charge in [-0.15, -0.1) is 0 Å². The van der Waals surface area contributed by atoms with Crippen molar-refractivity contribution in [2.45, 2.75) is 6.42 Å². The fourth-order valence-electron chi connectivity index (χ4n) is 4.68. The second-order valence-corrected chi connectivity index (χ2v) is 9.10. The Morgan fingerprint density at radius 1 is 1.03 bits per heavy atom. The van der Waals surface area contributed by atoms with Crippen LogP contribution >= 0.6 is 11.6 Å². The predicted molar refractivity (Wildman–Crippen MR) is 135 cm³/mol. The Morgan fingerprint density at radius 2 is 1.80 bits per heavy atom. The molecule has 2 fully saturated rings. The number of hydrogen-bond donors (Lipinski definition) is 0. The number of rotatable bonds is 5. The quantitative estimate of drug-likeness (QED) is 0.543. The lowest BCUT2D eigenvalue weighted by Gasteiger charge is -2.36. The molecule has 180 valence electrons. The van der Waals surface area contributed by atoms with Crippen LogP contribution in [0.15, 0.2) is 60.9 Å². The van der Waals surface area contributed by atoms with Gasteiger partial charge in [0.1, 0.15) is 17.9 Å². The number of anilines is 2. The molecule has 0 saturated carbocycles. The van der Waals surface area contributed by atoms with Gasteiger partial charge in [0.25, 0.3) is 0 Å². The van der Waals surface area contributed by atoms with Crippen LogP contribution in [0.1, 0.15) is 6.42 Å². The highest BCUT2D eigenvalue weighted by Gasteiger charge is 2.39. The van der Waals surface area contributed by atoms with Crippen LogP contribution in [0.3, 0.4) is 0 Å². The predicted octanol–water partition coefficient (Wildman–Crippen LogP) is 3.51. The van der Waals surface area contributed by atoms with E-state index in [1.54, 1.807) is 36.5 Å². The Morgan fingerprint density at radius 3 is 2.54 bits per heavy atom. The second kappa shape index (κ2) is 9.92. The van der Waals surface area contributed by atoms with E-state index in [1.165, 1.54) is 0 Å². The van der Waals surface area contributed by atoms with Crippen LogP contribution in [0.25, 0.3) is 11.3 Å². The van der Waals surface area contributed by atoms with Crippen molar-refractivity contribution in [3.05, 3.63) is 65.9 Å². The van der Waals surface area contributed by atoms with Crippen molar-refractivity contribution in [3.8, 4) is 17.0 Å². The number of hydrogen-bond acceptors (Lipinski definition) is 6. The number of carbonyl (C=O) groups is 2. The SMILES string of the molecule is COc1ccc(Cl)cc1N1CC(C(=O)N2CCN(c3cc(-c4ccccc4)ncn3)CC2)CC1=O. The highest BCUT2D eigenvalue weighted by atomic mass is 35.5. The van der Waals surface area contributed by atoms with Gasteiger partial charge in [0.2, 0.25) is 11.8 Å². The number of ether oxygens (including phenoxy) is 1. The lowest BCUT2D eigenvalue weighted by molar-refractivity contribution is -0.136. The van der Waals surface area contributed by atoms with Crippen LogP contribution in [0.2, 0.25) is 5.02 Å². The molecule has 1 atom stereocenters. The van der Waals surface area contributed by atoms with Crippen LogP contribution in [0.5, 0.6) is 5.75 Å². The van der Waals surface area contributed by atoms with Gasteiger partial charge < -0.3 is 19.4 Å². The number of aromatic nitrogens is 2. The molecule has 2 aromatic carbocycles. The number of carbonyl (C=O) groups excluding carboxylic acids is 2. The monoisotopic (exact) mass is 491 g/mol. The number of nitrogens with zero attached hydrogens (tertiary/aromatic N) is 5. The first-order chi connectivity index (χ1) is 17.0. The number of piperazine rings is 1. The summed E-state index contributed by atoms with van der Waals surface area (Å²) in [5.41, 5.74) is 2.51. The number of benzene rings is 2. The summed E-state index contributed by atoms with van der Waals surface area (Å²) in [5, 5.41) is 0.514. The average Bonchev–Trinajstić information content (AvgIpc) is 3.30. The van der Waals surface area contributed by atoms with Gasteiger partial charge in [-0.25, -0.2) is 9.97 Å². The van der Waals surface area contributed by atoms with Gasteiger partial charge >= 0.3 is 0 Å². The topological polar surface area (TPSA) is 78.9 Å². The molecule has 2 saturated heterocycles. The van der Waals surface area contributed by atoms with Crippen molar-refractivity contribution in [3.63, 3.8) is 0 Å². The first kappa shape index (κ1) is 23.1. The van der Waals surface area contributed by atoms with E-state index in [1.807, 2.05) is 41.3 Å². The minimum Gasteiger partial charge on any atom is -0.495 e. The molecule has 9 heteroatoms. The highest BCUT2D eigenvalue weighted by Crippen LogP contribution is 2.35. The zero-order valence-electron chi connectivity index (χ0n) is 19.4. The minimum absolute atomic E-state index is 0.00848. The van der Waals surface area contributed by atoms with Crippen LogP contribution in [-0.2, 0) is 9.59 Å². The molecule has 8 nitrogen and oxygen atoms in total. The smallest absolute Gasteiger partial charge is 0.228 e. The third kappa shape index (κ3) is 4.79. The summed E-state index contributed by atoms with van der Waals surface area (Å²) in [7, 11) is 1.55. The Balaban J connectivity index is 1.23. The van der Waals surface area contributed by atoms with E-state index in [9.17, 15) is 9.59 Å². The third-order valence-electron chi connectivity index (χ3n) is 6.54. The molecule has 0 aliphatic carbocycles. The Hall–Kier alpha value is -3.65. The maximum absolute atomic E-state index is 13.3. The van der Waals surface area contributed by atoms with Gasteiger partial charge in [-0.3, -0.25) is 9.59 Å². The second-order valence-electron chi connectivity index (χ2n) is 8.66. The summed E-state index contributed by atoms with van der Waals surface area (Å²) < 4.78 is 5.40. The normalized spacial score (nSPS) is 18.2. The van der Waals surface area contributed by atoms with E-state index in [0.29, 0.717) is 49.2 Å². The van der Waals surface area contributed by atoms with E-state index in [-0.39, 0.29) is 24.2 Å². The molecular weight excluding hydrogens is 466 g/mol. The summed E-state index contributed by atoms with van der Waals surface area (Å²) in [4.78, 5) is 40.5. The summed E-state index contributed by atoms with van der Waals surface area (Å²) in [6, 6.07) is 17.1. The summed E-state index contributed by atoms with van der Waals surface area (Å²) in [5.74, 6) is 0.929. The molecule has 1 unspecified atom stereocenters. The van der Waals surface area contributed by atoms with E-state index in [2.05, 4.69) is 14.9 Å². The van der Waals surface area contributed by atoms with Crippen LogP contribution in [-0.4, -0.2) is 66.5 Å². The molecule has 0 radical (unpaired) electrons. The number of amides is 2. The third-order valence-corrected chi connectivity index (χ3v) is 6.78. The summed E-state index contributed by atoms with van der Waals surface area (Å²) in [6.45, 7) is 2.82. The van der Waals surface area contributed by atoms with Gasteiger partial charge in [0.05, 0.1) is 24.4 Å². The lowest BCUT2D eigenvalue weighted by Crippen LogP contribution is -2.51. The number of methoxy groups -OCH3 is 1. The van der Waals surface area contributed by atoms with Gasteiger partial charge in [-0.2, -0.15) is 0 Å². The molecule has 3 aromatic rings. The number of halogens is 1. The Labute approximate surface area is 209 Å². The first-order valence-corrected chi connectivity index (χ1v) is 12.0. The maximum Gasteiger partial charge on any atom is 0.228 e. The minimum atomic E-state index is -0.388. The maximum atomic E-state index is 13.3. The van der Waals surface area contributed by atoms with Crippen molar-refractivity contribution in [1.29, 1.82) is 0 Å². The van der Waals surface area contributed by atoms with E-state index < -0.39 is 0 Å². The van der Waals surface area contributed by atoms with Crippen LogP contribution in [0, 0.1) is 5.92 Å². The average molecular weight is 492 g/mol. The van der Waals surface area contributed by atoms with Crippen molar-refractivity contribution in [2.24, 2.45) is 5.92 Å². The molecule has 35 heavy (non-hydrogen) atoms. The van der Waals surface area contributed by atoms with Crippen molar-refractivity contribution in [1.82, 2.24) is 14.9 Å². The zero-order chi connectivity index (χ0) is 24.4. The molecule has 5 rings (SSSR count). The van der Waals surface area contributed by atoms with E-state index in [0.717, 1.165) is 17.1 Å². The molecule has 2 aliphatic rings. The first-order valence-electron chi connectivity index (χ1n) is 11.6. The largest absolute Gasteiger partial charge is 0.495 e. The van der Waals surface area contributed by atoms with Gasteiger partial charge in [-0.1, -0.05) is 41.9 Å². The molecule has 3 heterocycles.